The third kappa shape index (κ3) is 2.03. The lowest BCUT2D eigenvalue weighted by Gasteiger charge is -2.42. The molecular weight excluding hydrogens is 218 g/mol. The van der Waals surface area contributed by atoms with Crippen LogP contribution >= 0.6 is 0 Å². The highest BCUT2D eigenvalue weighted by Gasteiger charge is 2.49. The number of amides is 1. The molecule has 0 radical (unpaired) electrons. The lowest BCUT2D eigenvalue weighted by Crippen LogP contribution is -2.53. The van der Waals surface area contributed by atoms with Crippen LogP contribution in [0.4, 0.5) is 4.79 Å². The van der Waals surface area contributed by atoms with E-state index >= 15 is 0 Å². The van der Waals surface area contributed by atoms with Gasteiger partial charge in [-0.05, 0) is 44.9 Å². The summed E-state index contributed by atoms with van der Waals surface area (Å²) in [5.41, 5.74) is -0.553. The number of piperidine rings is 1. The Kier molecular flexibility index (Phi) is 2.58. The smallest absolute Gasteiger partial charge is 0.410 e. The average molecular weight is 239 g/mol. The Bertz CT molecular complexity index is 313. The number of carbonyl (C=O) groups is 1. The highest BCUT2D eigenvalue weighted by molar-refractivity contribution is 5.69. The summed E-state index contributed by atoms with van der Waals surface area (Å²) in [7, 11) is 0. The van der Waals surface area contributed by atoms with E-state index in [1.54, 1.807) is 0 Å². The van der Waals surface area contributed by atoms with Gasteiger partial charge in [-0.25, -0.2) is 4.79 Å². The third-order valence-electron chi connectivity index (χ3n) is 4.51. The van der Waals surface area contributed by atoms with Crippen LogP contribution in [0.25, 0.3) is 0 Å². The van der Waals surface area contributed by atoms with E-state index in [4.69, 9.17) is 4.74 Å². The van der Waals surface area contributed by atoms with Crippen molar-refractivity contribution >= 4 is 6.09 Å². The summed E-state index contributed by atoms with van der Waals surface area (Å²) >= 11 is 0. The van der Waals surface area contributed by atoms with Gasteiger partial charge < -0.3 is 14.7 Å². The van der Waals surface area contributed by atoms with Crippen LogP contribution in [0, 0.1) is 0 Å². The fraction of sp³-hybridized carbons (Fsp3) is 0.923. The van der Waals surface area contributed by atoms with Crippen molar-refractivity contribution < 1.29 is 14.6 Å². The van der Waals surface area contributed by atoms with E-state index in [2.05, 4.69) is 0 Å². The molecule has 4 nitrogen and oxygen atoms in total. The Morgan fingerprint density at radius 3 is 2.35 bits per heavy atom. The first-order valence-corrected chi connectivity index (χ1v) is 6.82. The van der Waals surface area contributed by atoms with E-state index in [1.807, 2.05) is 11.8 Å². The minimum absolute atomic E-state index is 0.141. The molecule has 0 aromatic rings. The molecule has 3 fully saturated rings. The van der Waals surface area contributed by atoms with E-state index in [9.17, 15) is 9.90 Å². The molecule has 3 aliphatic rings. The van der Waals surface area contributed by atoms with E-state index < -0.39 is 5.60 Å². The number of hydrogen-bond donors (Lipinski definition) is 1. The van der Waals surface area contributed by atoms with Crippen molar-refractivity contribution in [3.63, 3.8) is 0 Å². The summed E-state index contributed by atoms with van der Waals surface area (Å²) in [4.78, 5) is 13.9. The Morgan fingerprint density at radius 2 is 1.88 bits per heavy atom. The summed E-state index contributed by atoms with van der Waals surface area (Å²) in [6.07, 6.45) is 6.35. The van der Waals surface area contributed by atoms with Crippen LogP contribution in [-0.4, -0.2) is 39.9 Å². The fourth-order valence-corrected chi connectivity index (χ4v) is 3.30. The molecule has 2 unspecified atom stereocenters. The normalized spacial score (nSPS) is 40.5. The van der Waals surface area contributed by atoms with Crippen LogP contribution in [0.1, 0.15) is 51.9 Å². The van der Waals surface area contributed by atoms with Gasteiger partial charge in [-0.2, -0.15) is 0 Å². The van der Waals surface area contributed by atoms with E-state index in [0.717, 1.165) is 44.9 Å². The molecule has 2 bridgehead atoms. The van der Waals surface area contributed by atoms with Crippen molar-refractivity contribution in [3.05, 3.63) is 0 Å². The maximum absolute atomic E-state index is 12.0. The summed E-state index contributed by atoms with van der Waals surface area (Å²) in [5.74, 6) is 0. The zero-order valence-electron chi connectivity index (χ0n) is 10.4. The maximum atomic E-state index is 12.0. The number of aliphatic hydroxyl groups is 1. The molecule has 96 valence electrons. The van der Waals surface area contributed by atoms with Gasteiger partial charge in [0, 0.05) is 12.1 Å². The van der Waals surface area contributed by atoms with Crippen LogP contribution in [0.15, 0.2) is 0 Å². The van der Waals surface area contributed by atoms with Crippen LogP contribution < -0.4 is 0 Å². The third-order valence-corrected chi connectivity index (χ3v) is 4.51. The molecule has 4 heteroatoms. The quantitative estimate of drug-likeness (QED) is 0.802. The molecule has 2 atom stereocenters. The highest BCUT2D eigenvalue weighted by atomic mass is 16.6. The monoisotopic (exact) mass is 239 g/mol. The Labute approximate surface area is 102 Å². The Morgan fingerprint density at radius 1 is 1.29 bits per heavy atom. The highest BCUT2D eigenvalue weighted by Crippen LogP contribution is 2.42. The Hall–Kier alpha value is -0.770. The predicted molar refractivity (Wildman–Crippen MR) is 62.6 cm³/mol. The van der Waals surface area contributed by atoms with Gasteiger partial charge in [0.15, 0.2) is 0 Å². The van der Waals surface area contributed by atoms with Gasteiger partial charge in [0.05, 0.1) is 5.60 Å². The molecule has 3 rings (SSSR count). The minimum Gasteiger partial charge on any atom is -0.446 e. The first-order chi connectivity index (χ1) is 8.11. The van der Waals surface area contributed by atoms with Crippen LogP contribution in [0.5, 0.6) is 0 Å². The van der Waals surface area contributed by atoms with Crippen molar-refractivity contribution in [1.82, 2.24) is 4.90 Å². The van der Waals surface area contributed by atoms with Gasteiger partial charge in [0.25, 0.3) is 0 Å². The second-order valence-corrected chi connectivity index (χ2v) is 5.86. The minimum atomic E-state index is -0.553. The summed E-state index contributed by atoms with van der Waals surface area (Å²) in [6, 6.07) is 0.398. The number of rotatable bonds is 2. The zero-order valence-corrected chi connectivity index (χ0v) is 10.4. The Balaban J connectivity index is 1.69. The lowest BCUT2D eigenvalue weighted by molar-refractivity contribution is -0.0511. The van der Waals surface area contributed by atoms with Crippen LogP contribution in [0.2, 0.25) is 0 Å². The van der Waals surface area contributed by atoms with E-state index in [1.165, 1.54) is 0 Å². The van der Waals surface area contributed by atoms with Gasteiger partial charge in [-0.15, -0.1) is 0 Å². The number of carbonyl (C=O) groups excluding carboxylic acids is 1. The van der Waals surface area contributed by atoms with Crippen molar-refractivity contribution in [1.29, 1.82) is 0 Å². The molecule has 0 aromatic carbocycles. The molecule has 1 saturated carbocycles. The predicted octanol–water partition coefficient (Wildman–Crippen LogP) is 2.05. The number of fused-ring (bicyclic) bond motifs is 2. The van der Waals surface area contributed by atoms with Crippen molar-refractivity contribution in [2.45, 2.75) is 75.7 Å². The first-order valence-electron chi connectivity index (χ1n) is 6.82. The molecule has 2 heterocycles. The molecule has 0 spiro atoms. The number of hydrogen-bond acceptors (Lipinski definition) is 3. The van der Waals surface area contributed by atoms with Crippen molar-refractivity contribution in [2.24, 2.45) is 0 Å². The largest absolute Gasteiger partial charge is 0.446 e. The molecule has 1 aliphatic carbocycles. The van der Waals surface area contributed by atoms with E-state index in [-0.39, 0.29) is 24.3 Å². The fourth-order valence-electron chi connectivity index (χ4n) is 3.30. The van der Waals surface area contributed by atoms with Gasteiger partial charge >= 0.3 is 6.09 Å². The number of ether oxygens (including phenoxy) is 1. The standard InChI is InChI=1S/C13H21NO3/c1-2-13(16)7-9-3-4-10(8-13)14(9)12(15)17-11-5-6-11/h9-11,16H,2-8H2,1H3. The second-order valence-electron chi connectivity index (χ2n) is 5.86. The summed E-state index contributed by atoms with van der Waals surface area (Å²) in [6.45, 7) is 2.03. The average Bonchev–Trinajstić information content (AvgIpc) is 3.04. The van der Waals surface area contributed by atoms with Crippen LogP contribution in [0.3, 0.4) is 0 Å². The molecule has 2 saturated heterocycles. The zero-order chi connectivity index (χ0) is 12.0. The topological polar surface area (TPSA) is 49.8 Å². The SMILES string of the molecule is CCC1(O)CC2CCC(C1)N2C(=O)OC1CC1. The molecule has 2 aliphatic heterocycles. The molecule has 1 N–H and O–H groups in total. The van der Waals surface area contributed by atoms with Gasteiger partial charge in [-0.1, -0.05) is 6.92 Å². The second kappa shape index (κ2) is 3.87. The number of nitrogens with zero attached hydrogens (tertiary/aromatic N) is 1. The lowest BCUT2D eigenvalue weighted by atomic mass is 9.84. The van der Waals surface area contributed by atoms with E-state index in [0.29, 0.717) is 0 Å². The van der Waals surface area contributed by atoms with Gasteiger partial charge in [0.1, 0.15) is 6.10 Å². The summed E-state index contributed by atoms with van der Waals surface area (Å²) in [5, 5.41) is 10.4. The van der Waals surface area contributed by atoms with Crippen LogP contribution in [-0.2, 0) is 4.74 Å². The molecule has 1 amide bonds. The molecule has 17 heavy (non-hydrogen) atoms. The molecular formula is C13H21NO3. The van der Waals surface area contributed by atoms with Gasteiger partial charge in [-0.3, -0.25) is 0 Å². The first kappa shape index (κ1) is 11.3. The summed E-state index contributed by atoms with van der Waals surface area (Å²) < 4.78 is 5.39. The molecule has 0 aromatic heterocycles. The van der Waals surface area contributed by atoms with Crippen molar-refractivity contribution in [3.8, 4) is 0 Å². The maximum Gasteiger partial charge on any atom is 0.410 e. The van der Waals surface area contributed by atoms with Crippen molar-refractivity contribution in [2.75, 3.05) is 0 Å². The van der Waals surface area contributed by atoms with Gasteiger partial charge in [0.2, 0.25) is 0 Å².